The monoisotopic (exact) mass is 291 g/mol. The van der Waals surface area contributed by atoms with E-state index in [1.54, 1.807) is 6.07 Å². The molecular weight excluding hydrogens is 266 g/mol. The van der Waals surface area contributed by atoms with Crippen LogP contribution in [0, 0.1) is 13.8 Å². The van der Waals surface area contributed by atoms with Crippen molar-refractivity contribution >= 4 is 11.6 Å². The molecule has 5 nitrogen and oxygen atoms in total. The maximum absolute atomic E-state index is 12.3. The summed E-state index contributed by atoms with van der Waals surface area (Å²) in [6.45, 7) is 10.1. The van der Waals surface area contributed by atoms with Gasteiger partial charge in [0.15, 0.2) is 0 Å². The highest BCUT2D eigenvalue weighted by atomic mass is 16.5. The second kappa shape index (κ2) is 6.91. The molecule has 1 aromatic carbocycles. The average Bonchev–Trinajstić information content (AvgIpc) is 2.48. The van der Waals surface area contributed by atoms with Gasteiger partial charge < -0.3 is 15.8 Å². The number of nitrogen functional groups attached to an aromatic ring is 1. The predicted molar refractivity (Wildman–Crippen MR) is 84.5 cm³/mol. The van der Waals surface area contributed by atoms with Crippen LogP contribution in [0.25, 0.3) is 0 Å². The van der Waals surface area contributed by atoms with Crippen LogP contribution in [-0.2, 0) is 4.74 Å². The normalized spacial score (nSPS) is 19.5. The number of nitrogens with two attached hydrogens (primary N) is 1. The third kappa shape index (κ3) is 3.95. The molecule has 2 rings (SSSR count). The van der Waals surface area contributed by atoms with Gasteiger partial charge in [-0.2, -0.15) is 0 Å². The second-order valence-corrected chi connectivity index (χ2v) is 5.62. The number of ether oxygens (including phenoxy) is 1. The summed E-state index contributed by atoms with van der Waals surface area (Å²) in [4.78, 5) is 14.6. The molecular formula is C16H25N3O2. The van der Waals surface area contributed by atoms with Crippen LogP contribution >= 0.6 is 0 Å². The molecule has 0 aromatic heterocycles. The van der Waals surface area contributed by atoms with Gasteiger partial charge in [0.25, 0.3) is 5.91 Å². The third-order valence-corrected chi connectivity index (χ3v) is 4.02. The molecule has 0 aliphatic carbocycles. The van der Waals surface area contributed by atoms with Crippen molar-refractivity contribution in [2.45, 2.75) is 26.9 Å². The molecule has 1 saturated heterocycles. The maximum Gasteiger partial charge on any atom is 0.251 e. The summed E-state index contributed by atoms with van der Waals surface area (Å²) in [5.41, 5.74) is 9.12. The van der Waals surface area contributed by atoms with E-state index in [1.165, 1.54) is 0 Å². The first-order chi connectivity index (χ1) is 10.0. The third-order valence-electron chi connectivity index (χ3n) is 4.02. The Balaban J connectivity index is 1.94. The number of aryl methyl sites for hydroxylation is 2. The molecule has 0 spiro atoms. The van der Waals surface area contributed by atoms with Crippen molar-refractivity contribution in [3.8, 4) is 0 Å². The summed E-state index contributed by atoms with van der Waals surface area (Å²) in [7, 11) is 0. The molecule has 0 radical (unpaired) electrons. The summed E-state index contributed by atoms with van der Waals surface area (Å²) in [5, 5.41) is 2.95. The van der Waals surface area contributed by atoms with Crippen LogP contribution in [0.3, 0.4) is 0 Å². The topological polar surface area (TPSA) is 67.6 Å². The van der Waals surface area contributed by atoms with E-state index in [0.717, 1.165) is 37.4 Å². The van der Waals surface area contributed by atoms with Crippen LogP contribution in [0.5, 0.6) is 0 Å². The Bertz CT molecular complexity index is 516. The van der Waals surface area contributed by atoms with E-state index >= 15 is 0 Å². The molecule has 3 N–H and O–H groups in total. The first kappa shape index (κ1) is 15.8. The number of nitrogens with zero attached hydrogens (tertiary/aromatic N) is 1. The fourth-order valence-corrected chi connectivity index (χ4v) is 2.61. The number of rotatable bonds is 4. The van der Waals surface area contributed by atoms with Crippen molar-refractivity contribution in [3.05, 3.63) is 28.8 Å². The van der Waals surface area contributed by atoms with Gasteiger partial charge in [0.2, 0.25) is 0 Å². The Morgan fingerprint density at radius 3 is 2.90 bits per heavy atom. The fourth-order valence-electron chi connectivity index (χ4n) is 2.61. The summed E-state index contributed by atoms with van der Waals surface area (Å²) in [5.74, 6) is -0.0866. The summed E-state index contributed by atoms with van der Waals surface area (Å²) >= 11 is 0. The zero-order valence-corrected chi connectivity index (χ0v) is 13.1. The van der Waals surface area contributed by atoms with Gasteiger partial charge in [-0.15, -0.1) is 0 Å². The molecule has 0 bridgehead atoms. The number of carbonyl (C=O) groups is 1. The van der Waals surface area contributed by atoms with E-state index < -0.39 is 0 Å². The summed E-state index contributed by atoms with van der Waals surface area (Å²) < 4.78 is 5.69. The van der Waals surface area contributed by atoms with Crippen molar-refractivity contribution in [1.82, 2.24) is 10.2 Å². The largest absolute Gasteiger partial charge is 0.398 e. The van der Waals surface area contributed by atoms with E-state index in [2.05, 4.69) is 17.1 Å². The number of likely N-dealkylation sites (N-methyl/N-ethyl adjacent to an activating group) is 1. The average molecular weight is 291 g/mol. The minimum absolute atomic E-state index is 0.0609. The number of nitrogens with one attached hydrogen (secondary N) is 1. The van der Waals surface area contributed by atoms with Gasteiger partial charge in [0.05, 0.1) is 12.7 Å². The molecule has 5 heteroatoms. The van der Waals surface area contributed by atoms with Gasteiger partial charge >= 0.3 is 0 Å². The highest BCUT2D eigenvalue weighted by Crippen LogP contribution is 2.17. The second-order valence-electron chi connectivity index (χ2n) is 5.62. The number of carbonyl (C=O) groups excluding carboxylic acids is 1. The zero-order chi connectivity index (χ0) is 15.4. The van der Waals surface area contributed by atoms with Crippen LogP contribution in [0.15, 0.2) is 12.1 Å². The minimum atomic E-state index is -0.0866. The van der Waals surface area contributed by atoms with E-state index in [0.29, 0.717) is 17.8 Å². The molecule has 21 heavy (non-hydrogen) atoms. The zero-order valence-electron chi connectivity index (χ0n) is 13.1. The molecule has 1 aromatic rings. The van der Waals surface area contributed by atoms with Gasteiger partial charge in [-0.05, 0) is 37.6 Å². The lowest BCUT2D eigenvalue weighted by Gasteiger charge is -2.32. The first-order valence-corrected chi connectivity index (χ1v) is 7.50. The number of hydrogen-bond acceptors (Lipinski definition) is 4. The number of morpholine rings is 1. The van der Waals surface area contributed by atoms with E-state index in [1.807, 2.05) is 19.9 Å². The number of hydrogen-bond donors (Lipinski definition) is 2. The van der Waals surface area contributed by atoms with Gasteiger partial charge in [-0.25, -0.2) is 0 Å². The number of anilines is 1. The summed E-state index contributed by atoms with van der Waals surface area (Å²) in [6, 6.07) is 3.69. The molecule has 0 saturated carbocycles. The smallest absolute Gasteiger partial charge is 0.251 e. The first-order valence-electron chi connectivity index (χ1n) is 7.50. The van der Waals surface area contributed by atoms with Crippen molar-refractivity contribution in [2.24, 2.45) is 0 Å². The van der Waals surface area contributed by atoms with Crippen LogP contribution in [0.2, 0.25) is 0 Å². The Kier molecular flexibility index (Phi) is 5.20. The van der Waals surface area contributed by atoms with Crippen LogP contribution in [-0.4, -0.2) is 49.7 Å². The van der Waals surface area contributed by atoms with E-state index in [-0.39, 0.29) is 12.0 Å². The lowest BCUT2D eigenvalue weighted by atomic mass is 10.0. The Morgan fingerprint density at radius 1 is 1.43 bits per heavy atom. The van der Waals surface area contributed by atoms with Crippen molar-refractivity contribution in [2.75, 3.05) is 38.5 Å². The van der Waals surface area contributed by atoms with Crippen LogP contribution in [0.1, 0.15) is 28.4 Å². The molecule has 1 atom stereocenters. The quantitative estimate of drug-likeness (QED) is 0.821. The molecule has 1 aliphatic heterocycles. The predicted octanol–water partition coefficient (Wildman–Crippen LogP) is 1.34. The van der Waals surface area contributed by atoms with Crippen molar-refractivity contribution < 1.29 is 9.53 Å². The molecule has 116 valence electrons. The van der Waals surface area contributed by atoms with Crippen LogP contribution < -0.4 is 11.1 Å². The standard InChI is InChI=1S/C16H25N3O2/c1-4-19-5-6-21-13(10-19)9-18-16(20)14-8-15(17)12(3)7-11(14)2/h7-8,13H,4-6,9-10,17H2,1-3H3,(H,18,20). The number of amides is 1. The van der Waals surface area contributed by atoms with Gasteiger partial charge in [-0.3, -0.25) is 9.69 Å². The highest BCUT2D eigenvalue weighted by Gasteiger charge is 2.20. The Hall–Kier alpha value is -1.59. The fraction of sp³-hybridized carbons (Fsp3) is 0.562. The lowest BCUT2D eigenvalue weighted by Crippen LogP contribution is -2.47. The molecule has 1 unspecified atom stereocenters. The summed E-state index contributed by atoms with van der Waals surface area (Å²) in [6.07, 6.45) is 0.0609. The van der Waals surface area contributed by atoms with Gasteiger partial charge in [-0.1, -0.05) is 13.0 Å². The van der Waals surface area contributed by atoms with Crippen molar-refractivity contribution in [3.63, 3.8) is 0 Å². The molecule has 1 amide bonds. The molecule has 1 aliphatic rings. The SMILES string of the molecule is CCN1CCOC(CNC(=O)c2cc(N)c(C)cc2C)C1. The maximum atomic E-state index is 12.3. The van der Waals surface area contributed by atoms with Crippen molar-refractivity contribution in [1.29, 1.82) is 0 Å². The van der Waals surface area contributed by atoms with Crippen LogP contribution in [0.4, 0.5) is 5.69 Å². The highest BCUT2D eigenvalue weighted by molar-refractivity contribution is 5.96. The van der Waals surface area contributed by atoms with Gasteiger partial charge in [0, 0.05) is 30.9 Å². The number of benzene rings is 1. The minimum Gasteiger partial charge on any atom is -0.398 e. The Labute approximate surface area is 126 Å². The molecule has 1 fully saturated rings. The van der Waals surface area contributed by atoms with E-state index in [4.69, 9.17) is 10.5 Å². The van der Waals surface area contributed by atoms with Gasteiger partial charge in [0.1, 0.15) is 0 Å². The van der Waals surface area contributed by atoms with E-state index in [9.17, 15) is 4.79 Å². The molecule has 1 heterocycles. The Morgan fingerprint density at radius 2 is 2.19 bits per heavy atom. The lowest BCUT2D eigenvalue weighted by molar-refractivity contribution is -0.0246.